The van der Waals surface area contributed by atoms with Crippen LogP contribution in [0.4, 0.5) is 0 Å². The number of benzene rings is 2. The number of hydrogen-bond donors (Lipinski definition) is 1. The number of H-pyrrole nitrogens is 1. The zero-order valence-corrected chi connectivity index (χ0v) is 16.0. The molecule has 2 aromatic heterocycles. The Bertz CT molecular complexity index is 1190. The van der Waals surface area contributed by atoms with Crippen molar-refractivity contribution in [3.05, 3.63) is 84.3 Å². The molecule has 4 heteroatoms. The highest BCUT2D eigenvalue weighted by atomic mass is 16.1. The zero-order chi connectivity index (χ0) is 19.7. The van der Waals surface area contributed by atoms with Gasteiger partial charge in [0.05, 0.1) is 11.1 Å². The van der Waals surface area contributed by atoms with Crippen LogP contribution in [-0.2, 0) is 11.2 Å². The Morgan fingerprint density at radius 3 is 2.61 bits per heavy atom. The number of nitrogens with zero attached hydrogens (tertiary/aromatic N) is 2. The van der Waals surface area contributed by atoms with Crippen LogP contribution in [0, 0.1) is 6.92 Å². The van der Waals surface area contributed by atoms with Crippen LogP contribution >= 0.6 is 0 Å². The molecule has 0 saturated heterocycles. The summed E-state index contributed by atoms with van der Waals surface area (Å²) in [7, 11) is 0. The van der Waals surface area contributed by atoms with Crippen molar-refractivity contribution in [1.29, 1.82) is 0 Å². The molecule has 0 saturated carbocycles. The van der Waals surface area contributed by atoms with E-state index < -0.39 is 0 Å². The number of carbonyl (C=O) groups excluding carboxylic acids is 1. The molecule has 0 aliphatic carbocycles. The average Bonchev–Trinajstić information content (AvgIpc) is 3.13. The standard InChI is InChI=1S/C24H21N3O/c1-15(2)21(28)12-17-5-4-6-19(11-17)23-22-20(13-25-24(22)27-14-26-23)18-9-7-16(3)8-10-18/h4-11,13-14H,1,12H2,2-3H3,(H,25,26,27). The van der Waals surface area contributed by atoms with Crippen molar-refractivity contribution in [3.63, 3.8) is 0 Å². The van der Waals surface area contributed by atoms with Crippen molar-refractivity contribution in [3.8, 4) is 22.4 Å². The number of aromatic nitrogens is 3. The van der Waals surface area contributed by atoms with Crippen LogP contribution in [0.25, 0.3) is 33.4 Å². The third-order valence-corrected chi connectivity index (χ3v) is 4.87. The van der Waals surface area contributed by atoms with E-state index in [1.54, 1.807) is 13.3 Å². The van der Waals surface area contributed by atoms with Gasteiger partial charge in [-0.25, -0.2) is 9.97 Å². The summed E-state index contributed by atoms with van der Waals surface area (Å²) in [6, 6.07) is 16.4. The zero-order valence-electron chi connectivity index (χ0n) is 16.0. The van der Waals surface area contributed by atoms with Crippen molar-refractivity contribution < 1.29 is 4.79 Å². The van der Waals surface area contributed by atoms with Crippen molar-refractivity contribution >= 4 is 16.8 Å². The van der Waals surface area contributed by atoms with E-state index in [1.807, 2.05) is 30.5 Å². The molecule has 0 bridgehead atoms. The van der Waals surface area contributed by atoms with Crippen LogP contribution in [0.15, 0.2) is 73.2 Å². The van der Waals surface area contributed by atoms with E-state index in [1.165, 1.54) is 5.56 Å². The lowest BCUT2D eigenvalue weighted by molar-refractivity contribution is -0.114. The van der Waals surface area contributed by atoms with E-state index in [4.69, 9.17) is 0 Å². The van der Waals surface area contributed by atoms with Crippen LogP contribution in [0.1, 0.15) is 18.1 Å². The van der Waals surface area contributed by atoms with Crippen molar-refractivity contribution in [2.45, 2.75) is 20.3 Å². The number of ketones is 1. The van der Waals surface area contributed by atoms with Gasteiger partial charge in [0, 0.05) is 23.7 Å². The first kappa shape index (κ1) is 17.9. The highest BCUT2D eigenvalue weighted by Crippen LogP contribution is 2.34. The third-order valence-electron chi connectivity index (χ3n) is 4.87. The number of carbonyl (C=O) groups is 1. The molecule has 2 aromatic carbocycles. The molecule has 0 spiro atoms. The molecule has 1 N–H and O–H groups in total. The first-order chi connectivity index (χ1) is 13.5. The van der Waals surface area contributed by atoms with E-state index in [-0.39, 0.29) is 5.78 Å². The smallest absolute Gasteiger partial charge is 0.162 e. The van der Waals surface area contributed by atoms with Gasteiger partial charge in [-0.3, -0.25) is 4.79 Å². The lowest BCUT2D eigenvalue weighted by Gasteiger charge is -2.08. The summed E-state index contributed by atoms with van der Waals surface area (Å²) < 4.78 is 0. The molecule has 0 atom stereocenters. The minimum Gasteiger partial charge on any atom is -0.345 e. The van der Waals surface area contributed by atoms with Crippen molar-refractivity contribution in [1.82, 2.24) is 15.0 Å². The minimum atomic E-state index is 0.0481. The second kappa shape index (κ2) is 7.24. The molecule has 28 heavy (non-hydrogen) atoms. The number of Topliss-reactive ketones (excluding diaryl/α,β-unsaturated/α-hetero) is 1. The molecule has 0 aliphatic rings. The maximum atomic E-state index is 12.1. The Morgan fingerprint density at radius 1 is 1.07 bits per heavy atom. The van der Waals surface area contributed by atoms with E-state index in [0.717, 1.165) is 39.0 Å². The molecule has 0 radical (unpaired) electrons. The van der Waals surface area contributed by atoms with Gasteiger partial charge in [-0.15, -0.1) is 0 Å². The van der Waals surface area contributed by atoms with E-state index in [0.29, 0.717) is 12.0 Å². The Kier molecular flexibility index (Phi) is 4.62. The van der Waals surface area contributed by atoms with E-state index in [2.05, 4.69) is 52.7 Å². The molecule has 138 valence electrons. The van der Waals surface area contributed by atoms with Gasteiger partial charge in [0.2, 0.25) is 0 Å². The number of nitrogens with one attached hydrogen (secondary N) is 1. The predicted molar refractivity (Wildman–Crippen MR) is 113 cm³/mol. The fourth-order valence-corrected chi connectivity index (χ4v) is 3.31. The molecule has 4 rings (SSSR count). The normalized spacial score (nSPS) is 10.9. The average molecular weight is 367 g/mol. The topological polar surface area (TPSA) is 58.6 Å². The van der Waals surface area contributed by atoms with Gasteiger partial charge in [0.15, 0.2) is 5.78 Å². The first-order valence-corrected chi connectivity index (χ1v) is 9.20. The number of allylic oxidation sites excluding steroid dienone is 1. The summed E-state index contributed by atoms with van der Waals surface area (Å²) in [5, 5.41) is 0.981. The Hall–Kier alpha value is -3.53. The van der Waals surface area contributed by atoms with Crippen molar-refractivity contribution in [2.75, 3.05) is 0 Å². The summed E-state index contributed by atoms with van der Waals surface area (Å²) in [5.74, 6) is 0.0481. The molecular weight excluding hydrogens is 346 g/mol. The van der Waals surface area contributed by atoms with Crippen molar-refractivity contribution in [2.24, 2.45) is 0 Å². The molecule has 2 heterocycles. The first-order valence-electron chi connectivity index (χ1n) is 9.20. The van der Waals surface area contributed by atoms with Crippen LogP contribution < -0.4 is 0 Å². The molecule has 4 aromatic rings. The summed E-state index contributed by atoms with van der Waals surface area (Å²) in [4.78, 5) is 24.3. The minimum absolute atomic E-state index is 0.0481. The monoisotopic (exact) mass is 367 g/mol. The van der Waals surface area contributed by atoms with Gasteiger partial charge >= 0.3 is 0 Å². The largest absolute Gasteiger partial charge is 0.345 e. The SMILES string of the molecule is C=C(C)C(=O)Cc1cccc(-c2ncnc3[nH]cc(-c4ccc(C)cc4)c23)c1. The predicted octanol–water partition coefficient (Wildman–Crippen LogP) is 5.29. The second-order valence-corrected chi connectivity index (χ2v) is 7.09. The highest BCUT2D eigenvalue weighted by Gasteiger charge is 2.15. The van der Waals surface area contributed by atoms with Crippen LogP contribution in [-0.4, -0.2) is 20.7 Å². The molecule has 0 unspecified atom stereocenters. The van der Waals surface area contributed by atoms with Gasteiger partial charge in [-0.2, -0.15) is 0 Å². The summed E-state index contributed by atoms with van der Waals surface area (Å²) >= 11 is 0. The maximum absolute atomic E-state index is 12.1. The van der Waals surface area contributed by atoms with Gasteiger partial charge in [0.1, 0.15) is 12.0 Å². The quantitative estimate of drug-likeness (QED) is 0.488. The molecule has 4 nitrogen and oxygen atoms in total. The molecular formula is C24H21N3O. The van der Waals surface area contributed by atoms with Gasteiger partial charge in [-0.05, 0) is 36.6 Å². The summed E-state index contributed by atoms with van der Waals surface area (Å²) in [6.45, 7) is 7.56. The summed E-state index contributed by atoms with van der Waals surface area (Å²) in [6.07, 6.45) is 3.89. The van der Waals surface area contributed by atoms with Crippen LogP contribution in [0.2, 0.25) is 0 Å². The molecule has 0 amide bonds. The van der Waals surface area contributed by atoms with Gasteiger partial charge < -0.3 is 4.98 Å². The Balaban J connectivity index is 1.83. The van der Waals surface area contributed by atoms with Crippen LogP contribution in [0.3, 0.4) is 0 Å². The van der Waals surface area contributed by atoms with Gasteiger partial charge in [0.25, 0.3) is 0 Å². The number of fused-ring (bicyclic) bond motifs is 1. The number of rotatable bonds is 5. The number of aromatic amines is 1. The van der Waals surface area contributed by atoms with Crippen LogP contribution in [0.5, 0.6) is 0 Å². The van der Waals surface area contributed by atoms with Gasteiger partial charge in [-0.1, -0.05) is 54.6 Å². The lowest BCUT2D eigenvalue weighted by atomic mass is 9.98. The summed E-state index contributed by atoms with van der Waals surface area (Å²) in [5.41, 5.74) is 7.53. The highest BCUT2D eigenvalue weighted by molar-refractivity contribution is 6.02. The Labute approximate surface area is 164 Å². The van der Waals surface area contributed by atoms with E-state index >= 15 is 0 Å². The second-order valence-electron chi connectivity index (χ2n) is 7.09. The molecule has 0 aliphatic heterocycles. The fourth-order valence-electron chi connectivity index (χ4n) is 3.31. The number of aryl methyl sites for hydroxylation is 1. The third kappa shape index (κ3) is 3.37. The molecule has 0 fully saturated rings. The maximum Gasteiger partial charge on any atom is 0.162 e. The lowest BCUT2D eigenvalue weighted by Crippen LogP contribution is -2.03. The Morgan fingerprint density at radius 2 is 1.86 bits per heavy atom. The number of hydrogen-bond acceptors (Lipinski definition) is 3. The fraction of sp³-hybridized carbons (Fsp3) is 0.125. The van der Waals surface area contributed by atoms with E-state index in [9.17, 15) is 4.79 Å².